The Bertz CT molecular complexity index is 906. The van der Waals surface area contributed by atoms with Gasteiger partial charge in [-0.2, -0.15) is 0 Å². The lowest BCUT2D eigenvalue weighted by atomic mass is 9.84. The van der Waals surface area contributed by atoms with Gasteiger partial charge in [-0.05, 0) is 37.3 Å². The lowest BCUT2D eigenvalue weighted by Crippen LogP contribution is -2.46. The predicted octanol–water partition coefficient (Wildman–Crippen LogP) is 1.40. The van der Waals surface area contributed by atoms with E-state index < -0.39 is 11.2 Å². The summed E-state index contributed by atoms with van der Waals surface area (Å²) in [5.41, 5.74) is 5.55. The highest BCUT2D eigenvalue weighted by molar-refractivity contribution is 5.95. The number of nitrogens with two attached hydrogens (primary N) is 1. The molecule has 1 fully saturated rings. The molecule has 0 bridgehead atoms. The molecule has 3 rings (SSSR count). The highest BCUT2D eigenvalue weighted by atomic mass is 35.5. The van der Waals surface area contributed by atoms with E-state index in [1.54, 1.807) is 13.0 Å². The van der Waals surface area contributed by atoms with Crippen molar-refractivity contribution < 1.29 is 4.79 Å². The molecule has 10 heteroatoms. The second-order valence-electron chi connectivity index (χ2n) is 6.67. The molecule has 2 heterocycles. The molecule has 0 aliphatic heterocycles. The van der Waals surface area contributed by atoms with Gasteiger partial charge < -0.3 is 11.1 Å². The standard InChI is InChI=1S/C17H23N5O3.2ClH/c1-9-7-11(19-14-13(9)16(24)22-17(25)21-14)15(23)20-12(8-18)10-5-3-2-4-6-10;;/h7,10,12H,2-6,8,18H2,1H3,(H,20,23)(H2,19,21,22,24,25);2*1H. The number of carbonyl (C=O) groups is 1. The van der Waals surface area contributed by atoms with Crippen LogP contribution in [0.4, 0.5) is 0 Å². The Morgan fingerprint density at radius 1 is 1.26 bits per heavy atom. The van der Waals surface area contributed by atoms with Crippen LogP contribution in [0.25, 0.3) is 11.0 Å². The van der Waals surface area contributed by atoms with Crippen molar-refractivity contribution in [3.05, 3.63) is 38.2 Å². The van der Waals surface area contributed by atoms with Gasteiger partial charge in [-0.1, -0.05) is 19.3 Å². The van der Waals surface area contributed by atoms with Gasteiger partial charge in [-0.3, -0.25) is 19.6 Å². The highest BCUT2D eigenvalue weighted by Crippen LogP contribution is 2.26. The first-order chi connectivity index (χ1) is 12.0. The second kappa shape index (κ2) is 9.87. The lowest BCUT2D eigenvalue weighted by Gasteiger charge is -2.30. The number of H-pyrrole nitrogens is 2. The van der Waals surface area contributed by atoms with Crippen LogP contribution < -0.4 is 22.3 Å². The molecule has 2 aromatic rings. The monoisotopic (exact) mass is 417 g/mol. The van der Waals surface area contributed by atoms with E-state index in [2.05, 4.69) is 20.3 Å². The molecule has 0 saturated heterocycles. The summed E-state index contributed by atoms with van der Waals surface area (Å²) in [7, 11) is 0. The number of halogens is 2. The Morgan fingerprint density at radius 3 is 2.56 bits per heavy atom. The number of nitrogens with zero attached hydrogens (tertiary/aromatic N) is 1. The van der Waals surface area contributed by atoms with Crippen LogP contribution in [-0.2, 0) is 0 Å². The summed E-state index contributed by atoms with van der Waals surface area (Å²) in [4.78, 5) is 44.8. The molecular formula is C17H25Cl2N5O3. The SMILES string of the molecule is Cc1cc(C(=O)NC(CN)C2CCCCC2)nc2[nH]c(=O)[nH]c(=O)c12.Cl.Cl. The third-order valence-electron chi connectivity index (χ3n) is 4.92. The molecule has 1 atom stereocenters. The maximum atomic E-state index is 12.6. The second-order valence-corrected chi connectivity index (χ2v) is 6.67. The first-order valence-corrected chi connectivity index (χ1v) is 8.64. The first-order valence-electron chi connectivity index (χ1n) is 8.64. The van der Waals surface area contributed by atoms with E-state index in [-0.39, 0.29) is 53.5 Å². The summed E-state index contributed by atoms with van der Waals surface area (Å²) in [6.45, 7) is 2.08. The van der Waals surface area contributed by atoms with Crippen LogP contribution in [0.1, 0.15) is 48.2 Å². The largest absolute Gasteiger partial charge is 0.346 e. The molecule has 1 aliphatic rings. The lowest BCUT2D eigenvalue weighted by molar-refractivity contribution is 0.0910. The third-order valence-corrected chi connectivity index (χ3v) is 4.92. The number of rotatable bonds is 4. The minimum absolute atomic E-state index is 0. The summed E-state index contributed by atoms with van der Waals surface area (Å²) in [6.07, 6.45) is 5.68. The van der Waals surface area contributed by atoms with Crippen molar-refractivity contribution in [1.82, 2.24) is 20.3 Å². The minimum atomic E-state index is -0.649. The zero-order valence-corrected chi connectivity index (χ0v) is 16.7. The molecule has 8 nitrogen and oxygen atoms in total. The van der Waals surface area contributed by atoms with Crippen LogP contribution in [0.5, 0.6) is 0 Å². The van der Waals surface area contributed by atoms with E-state index >= 15 is 0 Å². The normalized spacial score (nSPS) is 15.5. The zero-order chi connectivity index (χ0) is 18.0. The Balaban J connectivity index is 0.00000182. The molecule has 150 valence electrons. The molecule has 1 saturated carbocycles. The van der Waals surface area contributed by atoms with E-state index in [9.17, 15) is 14.4 Å². The summed E-state index contributed by atoms with van der Waals surface area (Å²) >= 11 is 0. The first kappa shape index (κ1) is 23.1. The maximum absolute atomic E-state index is 12.6. The van der Waals surface area contributed by atoms with Gasteiger partial charge in [0.15, 0.2) is 0 Å². The van der Waals surface area contributed by atoms with Crippen LogP contribution in [0.2, 0.25) is 0 Å². The fraction of sp³-hybridized carbons (Fsp3) is 0.529. The molecule has 2 aromatic heterocycles. The topological polar surface area (TPSA) is 134 Å². The van der Waals surface area contributed by atoms with Crippen LogP contribution in [-0.4, -0.2) is 33.4 Å². The predicted molar refractivity (Wildman–Crippen MR) is 109 cm³/mol. The smallest absolute Gasteiger partial charge is 0.327 e. The summed E-state index contributed by atoms with van der Waals surface area (Å²) in [5, 5.41) is 3.25. The number of hydrogen-bond donors (Lipinski definition) is 4. The Hall–Kier alpha value is -1.90. The maximum Gasteiger partial charge on any atom is 0.327 e. The van der Waals surface area contributed by atoms with Gasteiger partial charge in [0.25, 0.3) is 11.5 Å². The number of fused-ring (bicyclic) bond motifs is 1. The van der Waals surface area contributed by atoms with Gasteiger partial charge in [0.2, 0.25) is 0 Å². The van der Waals surface area contributed by atoms with E-state index in [4.69, 9.17) is 5.73 Å². The quantitative estimate of drug-likeness (QED) is 0.596. The average Bonchev–Trinajstić information content (AvgIpc) is 2.59. The molecule has 27 heavy (non-hydrogen) atoms. The molecule has 5 N–H and O–H groups in total. The van der Waals surface area contributed by atoms with Crippen LogP contribution in [0.15, 0.2) is 15.7 Å². The van der Waals surface area contributed by atoms with Gasteiger partial charge in [-0.15, -0.1) is 24.8 Å². The van der Waals surface area contributed by atoms with Crippen molar-refractivity contribution in [3.63, 3.8) is 0 Å². The summed E-state index contributed by atoms with van der Waals surface area (Å²) in [5.74, 6) is 0.0408. The molecule has 0 aromatic carbocycles. The van der Waals surface area contributed by atoms with Crippen LogP contribution in [0, 0.1) is 12.8 Å². The van der Waals surface area contributed by atoms with Crippen molar-refractivity contribution in [2.24, 2.45) is 11.7 Å². The molecule has 1 aliphatic carbocycles. The fourth-order valence-corrected chi connectivity index (χ4v) is 3.62. The van der Waals surface area contributed by atoms with Crippen molar-refractivity contribution in [2.45, 2.75) is 45.1 Å². The van der Waals surface area contributed by atoms with Gasteiger partial charge in [0, 0.05) is 12.6 Å². The number of hydrogen-bond acceptors (Lipinski definition) is 5. The van der Waals surface area contributed by atoms with Crippen LogP contribution in [0.3, 0.4) is 0 Å². The molecule has 0 spiro atoms. The Labute approximate surface area is 168 Å². The van der Waals surface area contributed by atoms with Crippen molar-refractivity contribution >= 4 is 41.8 Å². The van der Waals surface area contributed by atoms with E-state index in [0.717, 1.165) is 25.7 Å². The van der Waals surface area contributed by atoms with Gasteiger partial charge in [-0.25, -0.2) is 9.78 Å². The molecule has 1 unspecified atom stereocenters. The van der Waals surface area contributed by atoms with Gasteiger partial charge >= 0.3 is 5.69 Å². The van der Waals surface area contributed by atoms with Crippen molar-refractivity contribution in [2.75, 3.05) is 6.54 Å². The third kappa shape index (κ3) is 5.09. The highest BCUT2D eigenvalue weighted by Gasteiger charge is 2.25. The average molecular weight is 418 g/mol. The van der Waals surface area contributed by atoms with Crippen molar-refractivity contribution in [3.8, 4) is 0 Å². The number of aromatic nitrogens is 3. The van der Waals surface area contributed by atoms with E-state index in [1.165, 1.54) is 6.42 Å². The van der Waals surface area contributed by atoms with E-state index in [0.29, 0.717) is 18.0 Å². The van der Waals surface area contributed by atoms with Crippen molar-refractivity contribution in [1.29, 1.82) is 0 Å². The van der Waals surface area contributed by atoms with Gasteiger partial charge in [0.05, 0.1) is 5.39 Å². The Morgan fingerprint density at radius 2 is 1.93 bits per heavy atom. The number of carbonyl (C=O) groups excluding carboxylic acids is 1. The number of amides is 1. The Kier molecular flexibility index (Phi) is 8.46. The zero-order valence-electron chi connectivity index (χ0n) is 15.0. The van der Waals surface area contributed by atoms with Gasteiger partial charge in [0.1, 0.15) is 11.3 Å². The molecule has 1 amide bonds. The number of aryl methyl sites for hydroxylation is 1. The molecule has 0 radical (unpaired) electrons. The summed E-state index contributed by atoms with van der Waals surface area (Å²) in [6, 6.07) is 1.46. The minimum Gasteiger partial charge on any atom is -0.346 e. The van der Waals surface area contributed by atoms with Crippen LogP contribution >= 0.6 is 24.8 Å². The number of pyridine rings is 1. The van der Waals surface area contributed by atoms with E-state index in [1.807, 2.05) is 0 Å². The number of nitrogens with one attached hydrogen (secondary N) is 3. The number of aromatic amines is 2. The summed E-state index contributed by atoms with van der Waals surface area (Å²) < 4.78 is 0. The fourth-order valence-electron chi connectivity index (χ4n) is 3.62. The molecular weight excluding hydrogens is 393 g/mol.